The zero-order valence-corrected chi connectivity index (χ0v) is 13.9. The summed E-state index contributed by atoms with van der Waals surface area (Å²) in [5.74, 6) is -0.458. The maximum Gasteiger partial charge on any atom is 0.253 e. The number of amides is 1. The Morgan fingerprint density at radius 1 is 1.33 bits per heavy atom. The topological polar surface area (TPSA) is 43.8 Å². The van der Waals surface area contributed by atoms with Crippen LogP contribution in [0.5, 0.6) is 0 Å². The largest absolute Gasteiger partial charge is 0.389 e. The van der Waals surface area contributed by atoms with Crippen molar-refractivity contribution in [3.63, 3.8) is 0 Å². The molecule has 1 saturated heterocycles. The summed E-state index contributed by atoms with van der Waals surface area (Å²) in [6.07, 6.45) is 0. The standard InChI is InChI=1S/C15H20BrFN2O2/c1-15(2,21)10-18-5-7-19(8-6-18)14(20)11-3-4-13(17)12(16)9-11/h3-4,9,21H,5-8,10H2,1-2H3. The van der Waals surface area contributed by atoms with Gasteiger partial charge < -0.3 is 10.0 Å². The van der Waals surface area contributed by atoms with Crippen molar-refractivity contribution in [2.45, 2.75) is 19.4 Å². The molecule has 1 fully saturated rings. The third kappa shape index (κ3) is 4.49. The van der Waals surface area contributed by atoms with Gasteiger partial charge in [0.1, 0.15) is 5.82 Å². The SMILES string of the molecule is CC(C)(O)CN1CCN(C(=O)c2ccc(F)c(Br)c2)CC1. The first-order valence-electron chi connectivity index (χ1n) is 6.95. The van der Waals surface area contributed by atoms with Gasteiger partial charge in [0.05, 0.1) is 10.1 Å². The fourth-order valence-electron chi connectivity index (χ4n) is 2.47. The first-order valence-corrected chi connectivity index (χ1v) is 7.75. The molecular formula is C15H20BrFN2O2. The third-order valence-corrected chi connectivity index (χ3v) is 4.04. The Bertz CT molecular complexity index is 523. The van der Waals surface area contributed by atoms with E-state index in [4.69, 9.17) is 0 Å². The number of benzene rings is 1. The van der Waals surface area contributed by atoms with E-state index >= 15 is 0 Å². The zero-order chi connectivity index (χ0) is 15.6. The second-order valence-corrected chi connectivity index (χ2v) is 6.86. The highest BCUT2D eigenvalue weighted by Gasteiger charge is 2.25. The molecule has 1 aromatic carbocycles. The lowest BCUT2D eigenvalue weighted by Crippen LogP contribution is -2.52. The molecule has 1 aliphatic heterocycles. The average molecular weight is 359 g/mol. The normalized spacial score (nSPS) is 17.1. The third-order valence-electron chi connectivity index (χ3n) is 3.44. The summed E-state index contributed by atoms with van der Waals surface area (Å²) in [6, 6.07) is 4.31. The van der Waals surface area contributed by atoms with Crippen molar-refractivity contribution in [2.24, 2.45) is 0 Å². The van der Waals surface area contributed by atoms with Crippen LogP contribution in [0.15, 0.2) is 22.7 Å². The van der Waals surface area contributed by atoms with Crippen molar-refractivity contribution in [3.05, 3.63) is 34.1 Å². The molecule has 1 aliphatic rings. The van der Waals surface area contributed by atoms with Crippen LogP contribution in [0.25, 0.3) is 0 Å². The maximum absolute atomic E-state index is 13.2. The van der Waals surface area contributed by atoms with E-state index in [-0.39, 0.29) is 11.7 Å². The van der Waals surface area contributed by atoms with E-state index in [2.05, 4.69) is 20.8 Å². The summed E-state index contributed by atoms with van der Waals surface area (Å²) >= 11 is 3.10. The van der Waals surface area contributed by atoms with Crippen molar-refractivity contribution >= 4 is 21.8 Å². The average Bonchev–Trinajstić information content (AvgIpc) is 2.40. The maximum atomic E-state index is 13.2. The molecule has 0 aromatic heterocycles. The van der Waals surface area contributed by atoms with Crippen molar-refractivity contribution in [1.82, 2.24) is 9.80 Å². The number of halogens is 2. The van der Waals surface area contributed by atoms with Crippen LogP contribution in [0.2, 0.25) is 0 Å². The fourth-order valence-corrected chi connectivity index (χ4v) is 2.85. The van der Waals surface area contributed by atoms with Gasteiger partial charge in [0, 0.05) is 38.3 Å². The van der Waals surface area contributed by atoms with Crippen LogP contribution in [-0.4, -0.2) is 59.1 Å². The summed E-state index contributed by atoms with van der Waals surface area (Å²) < 4.78 is 13.5. The predicted molar refractivity (Wildman–Crippen MR) is 82.7 cm³/mol. The molecule has 0 radical (unpaired) electrons. The Balaban J connectivity index is 1.95. The molecule has 2 rings (SSSR count). The molecule has 0 bridgehead atoms. The molecular weight excluding hydrogens is 339 g/mol. The van der Waals surface area contributed by atoms with Gasteiger partial charge in [-0.1, -0.05) is 0 Å². The molecule has 0 unspecified atom stereocenters. The van der Waals surface area contributed by atoms with Gasteiger partial charge >= 0.3 is 0 Å². The van der Waals surface area contributed by atoms with Crippen LogP contribution in [0.4, 0.5) is 4.39 Å². The van der Waals surface area contributed by atoms with Crippen LogP contribution >= 0.6 is 15.9 Å². The number of aliphatic hydroxyl groups is 1. The van der Waals surface area contributed by atoms with Crippen LogP contribution < -0.4 is 0 Å². The van der Waals surface area contributed by atoms with E-state index < -0.39 is 5.60 Å². The number of piperazine rings is 1. The van der Waals surface area contributed by atoms with Gasteiger partial charge in [0.15, 0.2) is 0 Å². The first-order chi connectivity index (χ1) is 9.76. The lowest BCUT2D eigenvalue weighted by molar-refractivity contribution is 0.0178. The molecule has 1 amide bonds. The Morgan fingerprint density at radius 2 is 1.95 bits per heavy atom. The molecule has 21 heavy (non-hydrogen) atoms. The number of hydrogen-bond donors (Lipinski definition) is 1. The van der Waals surface area contributed by atoms with E-state index in [1.54, 1.807) is 18.7 Å². The van der Waals surface area contributed by atoms with Gasteiger partial charge in [-0.25, -0.2) is 4.39 Å². The van der Waals surface area contributed by atoms with Crippen molar-refractivity contribution < 1.29 is 14.3 Å². The Hall–Kier alpha value is -0.980. The number of β-amino-alcohol motifs (C(OH)–C–C–N with tert-alkyl or cyclic N) is 1. The van der Waals surface area contributed by atoms with E-state index in [0.717, 1.165) is 13.1 Å². The van der Waals surface area contributed by atoms with Gasteiger partial charge in [-0.3, -0.25) is 9.69 Å². The molecule has 6 heteroatoms. The highest BCUT2D eigenvalue weighted by molar-refractivity contribution is 9.10. The van der Waals surface area contributed by atoms with Gasteiger partial charge in [-0.2, -0.15) is 0 Å². The molecule has 1 heterocycles. The molecule has 1 aromatic rings. The van der Waals surface area contributed by atoms with Crippen LogP contribution in [0.3, 0.4) is 0 Å². The van der Waals surface area contributed by atoms with Crippen molar-refractivity contribution in [2.75, 3.05) is 32.7 Å². The van der Waals surface area contributed by atoms with Crippen molar-refractivity contribution in [1.29, 1.82) is 0 Å². The van der Waals surface area contributed by atoms with E-state index in [1.165, 1.54) is 18.2 Å². The number of hydrogen-bond acceptors (Lipinski definition) is 3. The lowest BCUT2D eigenvalue weighted by atomic mass is 10.1. The minimum absolute atomic E-state index is 0.0846. The van der Waals surface area contributed by atoms with Gasteiger partial charge in [0.25, 0.3) is 5.91 Å². The summed E-state index contributed by atoms with van der Waals surface area (Å²) in [6.45, 7) is 6.85. The lowest BCUT2D eigenvalue weighted by Gasteiger charge is -2.37. The smallest absolute Gasteiger partial charge is 0.253 e. The minimum atomic E-state index is -0.728. The Morgan fingerprint density at radius 3 is 2.48 bits per heavy atom. The van der Waals surface area contributed by atoms with Gasteiger partial charge in [-0.15, -0.1) is 0 Å². The number of carbonyl (C=O) groups excluding carboxylic acids is 1. The second kappa shape index (κ2) is 6.42. The summed E-state index contributed by atoms with van der Waals surface area (Å²) in [4.78, 5) is 16.3. The van der Waals surface area contributed by atoms with Crippen LogP contribution in [-0.2, 0) is 0 Å². The van der Waals surface area contributed by atoms with E-state index in [1.807, 2.05) is 0 Å². The summed E-state index contributed by atoms with van der Waals surface area (Å²) in [5, 5.41) is 9.82. The molecule has 0 atom stereocenters. The van der Waals surface area contributed by atoms with Crippen LogP contribution in [0, 0.1) is 5.82 Å². The van der Waals surface area contributed by atoms with E-state index in [0.29, 0.717) is 29.7 Å². The highest BCUT2D eigenvalue weighted by Crippen LogP contribution is 2.19. The molecule has 0 spiro atoms. The number of nitrogens with zero attached hydrogens (tertiary/aromatic N) is 2. The molecule has 4 nitrogen and oxygen atoms in total. The number of carbonyl (C=O) groups is 1. The molecule has 0 saturated carbocycles. The Kier molecular flexibility index (Phi) is 5.01. The highest BCUT2D eigenvalue weighted by atomic mass is 79.9. The second-order valence-electron chi connectivity index (χ2n) is 6.01. The fraction of sp³-hybridized carbons (Fsp3) is 0.533. The summed E-state index contributed by atoms with van der Waals surface area (Å²) in [7, 11) is 0. The first kappa shape index (κ1) is 16.4. The molecule has 0 aliphatic carbocycles. The molecule has 116 valence electrons. The van der Waals surface area contributed by atoms with Crippen molar-refractivity contribution in [3.8, 4) is 0 Å². The quantitative estimate of drug-likeness (QED) is 0.899. The van der Waals surface area contributed by atoms with Crippen LogP contribution in [0.1, 0.15) is 24.2 Å². The zero-order valence-electron chi connectivity index (χ0n) is 12.3. The summed E-state index contributed by atoms with van der Waals surface area (Å²) in [5.41, 5.74) is -0.243. The molecule has 1 N–H and O–H groups in total. The monoisotopic (exact) mass is 358 g/mol. The Labute approximate surface area is 132 Å². The van der Waals surface area contributed by atoms with E-state index in [9.17, 15) is 14.3 Å². The van der Waals surface area contributed by atoms with Gasteiger partial charge in [-0.05, 0) is 48.0 Å². The van der Waals surface area contributed by atoms with Gasteiger partial charge in [0.2, 0.25) is 0 Å². The minimum Gasteiger partial charge on any atom is -0.389 e. The number of rotatable bonds is 3. The predicted octanol–water partition coefficient (Wildman–Crippen LogP) is 2.12.